The molecule has 0 bridgehead atoms. The van der Waals surface area contributed by atoms with E-state index in [1.165, 1.54) is 44.9 Å². The zero-order valence-corrected chi connectivity index (χ0v) is 18.1. The molecule has 3 aliphatic rings. The van der Waals surface area contributed by atoms with Gasteiger partial charge >= 0.3 is 0 Å². The average Bonchev–Trinajstić information content (AvgIpc) is 3.15. The highest BCUT2D eigenvalue weighted by Gasteiger charge is 2.52. The molecule has 154 valence electrons. The lowest BCUT2D eigenvalue weighted by molar-refractivity contribution is 0.741. The van der Waals surface area contributed by atoms with Gasteiger partial charge in [0, 0.05) is 23.5 Å². The first-order chi connectivity index (χ1) is 16.3. The van der Waals surface area contributed by atoms with Gasteiger partial charge in [0.05, 0.1) is 16.8 Å². The fourth-order valence-corrected chi connectivity index (χ4v) is 5.99. The minimum Gasteiger partial charge on any atom is -0.381 e. The minimum atomic E-state index is -0.428. The maximum Gasteiger partial charge on any atom is 0.113 e. The number of hydrogen-bond donors (Lipinski definition) is 1. The predicted molar refractivity (Wildman–Crippen MR) is 137 cm³/mol. The van der Waals surface area contributed by atoms with Gasteiger partial charge in [-0.2, -0.15) is 0 Å². The number of allylic oxidation sites excluding steroid dienone is 2. The summed E-state index contributed by atoms with van der Waals surface area (Å²) < 4.78 is 0. The molecule has 4 aromatic carbocycles. The Labute approximate surface area is 195 Å². The number of benzene rings is 4. The SMILES string of the molecule is [B]c1ccc2c(c1)C1(C3=C2NCC=C3)c2ccccc2N(c2ccccc2)c2ccccc21. The molecular formula is C30H21BN2. The third kappa shape index (κ3) is 2.34. The summed E-state index contributed by atoms with van der Waals surface area (Å²) in [5.41, 5.74) is 11.5. The molecule has 0 saturated carbocycles. The van der Waals surface area contributed by atoms with E-state index in [2.05, 4.69) is 113 Å². The molecule has 0 aromatic heterocycles. The standard InChI is InChI=1S/C30H21BN2/c31-20-16-17-22-26(19-20)30(25-13-8-18-32-29(22)25)23-11-4-6-14-27(23)33(21-9-2-1-3-10-21)28-15-7-5-12-24(28)30/h1-17,19,32H,18H2. The molecule has 0 amide bonds. The summed E-state index contributed by atoms with van der Waals surface area (Å²) in [5, 5.41) is 3.67. The fourth-order valence-electron chi connectivity index (χ4n) is 5.99. The normalized spacial score (nSPS) is 16.7. The van der Waals surface area contributed by atoms with Crippen molar-refractivity contribution >= 4 is 36.1 Å². The molecule has 0 unspecified atom stereocenters. The molecule has 2 nitrogen and oxygen atoms in total. The van der Waals surface area contributed by atoms with E-state index in [4.69, 9.17) is 7.85 Å². The molecule has 1 spiro atoms. The second kappa shape index (κ2) is 6.76. The van der Waals surface area contributed by atoms with Gasteiger partial charge in [0.15, 0.2) is 0 Å². The first-order valence-electron chi connectivity index (χ1n) is 11.4. The Bertz CT molecular complexity index is 1430. The Hall–Kier alpha value is -3.98. The van der Waals surface area contributed by atoms with E-state index >= 15 is 0 Å². The molecule has 2 heterocycles. The molecule has 33 heavy (non-hydrogen) atoms. The van der Waals surface area contributed by atoms with E-state index in [0.29, 0.717) is 0 Å². The Morgan fingerprint density at radius 3 is 2.12 bits per heavy atom. The van der Waals surface area contributed by atoms with Crippen molar-refractivity contribution in [3.8, 4) is 0 Å². The van der Waals surface area contributed by atoms with E-state index in [0.717, 1.165) is 17.7 Å². The van der Waals surface area contributed by atoms with Gasteiger partial charge in [0.2, 0.25) is 0 Å². The zero-order valence-electron chi connectivity index (χ0n) is 18.1. The maximum absolute atomic E-state index is 6.40. The molecule has 0 saturated heterocycles. The van der Waals surface area contributed by atoms with Crippen LogP contribution in [0.5, 0.6) is 0 Å². The van der Waals surface area contributed by atoms with Gasteiger partial charge in [-0.3, -0.25) is 0 Å². The lowest BCUT2D eigenvalue weighted by atomic mass is 9.63. The smallest absolute Gasteiger partial charge is 0.113 e. The Morgan fingerprint density at radius 2 is 1.39 bits per heavy atom. The molecule has 1 N–H and O–H groups in total. The van der Waals surface area contributed by atoms with Crippen molar-refractivity contribution in [2.24, 2.45) is 0 Å². The van der Waals surface area contributed by atoms with Crippen LogP contribution in [-0.4, -0.2) is 14.4 Å². The lowest BCUT2D eigenvalue weighted by Gasteiger charge is -2.45. The van der Waals surface area contributed by atoms with E-state index in [-0.39, 0.29) is 0 Å². The molecule has 2 radical (unpaired) electrons. The highest BCUT2D eigenvalue weighted by molar-refractivity contribution is 6.32. The molecule has 7 rings (SSSR count). The number of anilines is 3. The van der Waals surface area contributed by atoms with Crippen molar-refractivity contribution in [3.05, 3.63) is 137 Å². The number of dihydropyridines is 1. The van der Waals surface area contributed by atoms with Gasteiger partial charge in [-0.25, -0.2) is 0 Å². The molecule has 4 aromatic rings. The van der Waals surface area contributed by atoms with Crippen molar-refractivity contribution < 1.29 is 0 Å². The lowest BCUT2D eigenvalue weighted by Crippen LogP contribution is -2.37. The van der Waals surface area contributed by atoms with Crippen molar-refractivity contribution in [2.45, 2.75) is 5.41 Å². The Morgan fingerprint density at radius 1 is 0.727 bits per heavy atom. The second-order valence-electron chi connectivity index (χ2n) is 8.83. The fraction of sp³-hybridized carbons (Fsp3) is 0.0667. The maximum atomic E-state index is 6.40. The molecule has 3 heteroatoms. The van der Waals surface area contributed by atoms with Gasteiger partial charge < -0.3 is 10.2 Å². The van der Waals surface area contributed by atoms with Crippen LogP contribution >= 0.6 is 0 Å². The molecular weight excluding hydrogens is 399 g/mol. The highest BCUT2D eigenvalue weighted by atomic mass is 15.2. The van der Waals surface area contributed by atoms with Crippen LogP contribution in [0.2, 0.25) is 0 Å². The summed E-state index contributed by atoms with van der Waals surface area (Å²) in [6, 6.07) is 34.6. The van der Waals surface area contributed by atoms with Gasteiger partial charge in [-0.15, -0.1) is 0 Å². The quantitative estimate of drug-likeness (QED) is 0.410. The first-order valence-corrected chi connectivity index (χ1v) is 11.4. The molecule has 0 atom stereocenters. The van der Waals surface area contributed by atoms with Crippen molar-refractivity contribution in [2.75, 3.05) is 11.4 Å². The van der Waals surface area contributed by atoms with Crippen LogP contribution in [-0.2, 0) is 5.41 Å². The van der Waals surface area contributed by atoms with E-state index in [1.54, 1.807) is 0 Å². The molecule has 1 aliphatic carbocycles. The second-order valence-corrected chi connectivity index (χ2v) is 8.83. The number of hydrogen-bond acceptors (Lipinski definition) is 2. The average molecular weight is 420 g/mol. The summed E-state index contributed by atoms with van der Waals surface area (Å²) in [5.74, 6) is 0. The van der Waals surface area contributed by atoms with Gasteiger partial charge in [0.1, 0.15) is 7.85 Å². The summed E-state index contributed by atoms with van der Waals surface area (Å²) in [6.45, 7) is 0.832. The van der Waals surface area contributed by atoms with Crippen LogP contribution in [0.4, 0.5) is 17.1 Å². The van der Waals surface area contributed by atoms with Crippen LogP contribution in [0.15, 0.2) is 115 Å². The van der Waals surface area contributed by atoms with Crippen LogP contribution in [0.1, 0.15) is 22.3 Å². The largest absolute Gasteiger partial charge is 0.381 e. The van der Waals surface area contributed by atoms with Gasteiger partial charge in [-0.1, -0.05) is 90.4 Å². The van der Waals surface area contributed by atoms with Gasteiger partial charge in [0.25, 0.3) is 0 Å². The summed E-state index contributed by atoms with van der Waals surface area (Å²) >= 11 is 0. The number of rotatable bonds is 1. The van der Waals surface area contributed by atoms with Crippen LogP contribution in [0.3, 0.4) is 0 Å². The first kappa shape index (κ1) is 18.6. The predicted octanol–water partition coefficient (Wildman–Crippen LogP) is 5.48. The van der Waals surface area contributed by atoms with E-state index in [1.807, 2.05) is 6.07 Å². The van der Waals surface area contributed by atoms with Crippen molar-refractivity contribution in [3.63, 3.8) is 0 Å². The molecule has 0 fully saturated rings. The minimum absolute atomic E-state index is 0.428. The van der Waals surface area contributed by atoms with Crippen LogP contribution < -0.4 is 15.7 Å². The summed E-state index contributed by atoms with van der Waals surface area (Å²) in [4.78, 5) is 2.39. The summed E-state index contributed by atoms with van der Waals surface area (Å²) in [7, 11) is 6.40. The number of para-hydroxylation sites is 3. The van der Waals surface area contributed by atoms with Gasteiger partial charge in [-0.05, 0) is 46.5 Å². The zero-order chi connectivity index (χ0) is 22.0. The monoisotopic (exact) mass is 420 g/mol. The number of nitrogens with zero attached hydrogens (tertiary/aromatic N) is 1. The molecule has 2 aliphatic heterocycles. The third-order valence-electron chi connectivity index (χ3n) is 7.18. The Balaban J connectivity index is 1.65. The van der Waals surface area contributed by atoms with E-state index < -0.39 is 5.41 Å². The third-order valence-corrected chi connectivity index (χ3v) is 7.18. The summed E-state index contributed by atoms with van der Waals surface area (Å²) in [6.07, 6.45) is 4.54. The van der Waals surface area contributed by atoms with E-state index in [9.17, 15) is 0 Å². The highest BCUT2D eigenvalue weighted by Crippen LogP contribution is 2.62. The van der Waals surface area contributed by atoms with Crippen LogP contribution in [0, 0.1) is 0 Å². The number of nitrogens with one attached hydrogen (secondary N) is 1. The number of fused-ring (bicyclic) bond motifs is 8. The van der Waals surface area contributed by atoms with Crippen molar-refractivity contribution in [1.29, 1.82) is 0 Å². The topological polar surface area (TPSA) is 15.3 Å². The van der Waals surface area contributed by atoms with Crippen LogP contribution in [0.25, 0.3) is 5.70 Å². The Kier molecular flexibility index (Phi) is 3.81. The van der Waals surface area contributed by atoms with Crippen molar-refractivity contribution in [1.82, 2.24) is 5.32 Å².